The van der Waals surface area contributed by atoms with E-state index in [9.17, 15) is 9.59 Å². The Morgan fingerprint density at radius 1 is 1.20 bits per heavy atom. The van der Waals surface area contributed by atoms with Crippen LogP contribution in [0, 0.1) is 5.92 Å². The summed E-state index contributed by atoms with van der Waals surface area (Å²) in [6, 6.07) is 9.73. The van der Waals surface area contributed by atoms with Gasteiger partial charge in [0.1, 0.15) is 0 Å². The molecule has 1 aliphatic rings. The lowest BCUT2D eigenvalue weighted by atomic mass is 10.1. The number of aromatic nitrogens is 1. The van der Waals surface area contributed by atoms with Crippen molar-refractivity contribution in [1.82, 2.24) is 14.8 Å². The van der Waals surface area contributed by atoms with Gasteiger partial charge < -0.3 is 14.6 Å². The molecule has 0 saturated carbocycles. The number of H-pyrrole nitrogens is 1. The average molecular weight is 343 g/mol. The number of hydrogen-bond acceptors (Lipinski definition) is 4. The number of nitrogens with one attached hydrogen (secondary N) is 1. The van der Waals surface area contributed by atoms with Crippen LogP contribution in [0.3, 0.4) is 0 Å². The van der Waals surface area contributed by atoms with E-state index in [-0.39, 0.29) is 11.7 Å². The highest BCUT2D eigenvalue weighted by atomic mass is 16.6. The molecule has 1 aliphatic heterocycles. The lowest BCUT2D eigenvalue weighted by Crippen LogP contribution is -2.49. The van der Waals surface area contributed by atoms with Crippen LogP contribution in [-0.2, 0) is 11.3 Å². The van der Waals surface area contributed by atoms with Crippen molar-refractivity contribution in [2.75, 3.05) is 32.8 Å². The Labute approximate surface area is 147 Å². The zero-order chi connectivity index (χ0) is 17.8. The minimum atomic E-state index is -0.239. The van der Waals surface area contributed by atoms with Crippen molar-refractivity contribution in [1.29, 1.82) is 0 Å². The molecule has 0 atom stereocenters. The van der Waals surface area contributed by atoms with Crippen LogP contribution in [0.4, 0.5) is 4.79 Å². The highest BCUT2D eigenvalue weighted by molar-refractivity contribution is 5.78. The summed E-state index contributed by atoms with van der Waals surface area (Å²) in [5.74, 6) is 0.338. The number of benzene rings is 1. The molecule has 1 aromatic heterocycles. The molecular formula is C19H25N3O3. The number of para-hydroxylation sites is 1. The molecule has 1 amide bonds. The van der Waals surface area contributed by atoms with Gasteiger partial charge in [-0.2, -0.15) is 0 Å². The lowest BCUT2D eigenvalue weighted by Gasteiger charge is -2.34. The lowest BCUT2D eigenvalue weighted by molar-refractivity contribution is 0.0675. The number of piperazine rings is 1. The van der Waals surface area contributed by atoms with Gasteiger partial charge >= 0.3 is 6.09 Å². The van der Waals surface area contributed by atoms with Crippen LogP contribution in [0.15, 0.2) is 35.1 Å². The number of pyridine rings is 1. The second-order valence-corrected chi connectivity index (χ2v) is 6.94. The number of carbonyl (C=O) groups is 1. The Morgan fingerprint density at radius 2 is 1.92 bits per heavy atom. The molecule has 1 N–H and O–H groups in total. The monoisotopic (exact) mass is 343 g/mol. The average Bonchev–Trinajstić information content (AvgIpc) is 2.61. The SMILES string of the molecule is CC(C)COC(=O)N1CCN(Cc2cc3ccccc3[nH]c2=O)CC1. The van der Waals surface area contributed by atoms with Crippen LogP contribution in [0.25, 0.3) is 10.9 Å². The molecule has 0 spiro atoms. The van der Waals surface area contributed by atoms with Crippen molar-refractivity contribution < 1.29 is 9.53 Å². The van der Waals surface area contributed by atoms with E-state index >= 15 is 0 Å². The van der Waals surface area contributed by atoms with Gasteiger partial charge in [0.15, 0.2) is 0 Å². The normalized spacial score (nSPS) is 15.7. The Hall–Kier alpha value is -2.34. The van der Waals surface area contributed by atoms with Gasteiger partial charge in [-0.05, 0) is 23.4 Å². The van der Waals surface area contributed by atoms with Crippen molar-refractivity contribution in [2.24, 2.45) is 5.92 Å². The maximum absolute atomic E-state index is 12.3. The summed E-state index contributed by atoms with van der Waals surface area (Å²) < 4.78 is 5.28. The highest BCUT2D eigenvalue weighted by Crippen LogP contribution is 2.13. The molecule has 3 rings (SSSR count). The van der Waals surface area contributed by atoms with E-state index in [4.69, 9.17) is 4.74 Å². The summed E-state index contributed by atoms with van der Waals surface area (Å²) in [5, 5.41) is 1.04. The predicted molar refractivity (Wildman–Crippen MR) is 97.6 cm³/mol. The number of aromatic amines is 1. The molecule has 0 unspecified atom stereocenters. The number of ether oxygens (including phenoxy) is 1. The molecule has 2 heterocycles. The molecule has 6 nitrogen and oxygen atoms in total. The molecule has 6 heteroatoms. The summed E-state index contributed by atoms with van der Waals surface area (Å²) in [6.07, 6.45) is -0.239. The number of rotatable bonds is 4. The predicted octanol–water partition coefficient (Wildman–Crippen LogP) is 2.44. The highest BCUT2D eigenvalue weighted by Gasteiger charge is 2.22. The fraction of sp³-hybridized carbons (Fsp3) is 0.474. The van der Waals surface area contributed by atoms with Crippen molar-refractivity contribution in [3.8, 4) is 0 Å². The molecule has 0 radical (unpaired) electrons. The molecule has 134 valence electrons. The summed E-state index contributed by atoms with van der Waals surface area (Å²) >= 11 is 0. The van der Waals surface area contributed by atoms with Gasteiger partial charge in [-0.1, -0.05) is 32.0 Å². The number of nitrogens with zero attached hydrogens (tertiary/aromatic N) is 2. The van der Waals surface area contributed by atoms with Crippen LogP contribution in [0.5, 0.6) is 0 Å². The van der Waals surface area contributed by atoms with Crippen LogP contribution in [-0.4, -0.2) is 53.7 Å². The number of fused-ring (bicyclic) bond motifs is 1. The van der Waals surface area contributed by atoms with Crippen LogP contribution < -0.4 is 5.56 Å². The van der Waals surface area contributed by atoms with Gasteiger partial charge in [-0.3, -0.25) is 9.69 Å². The first kappa shape index (κ1) is 17.5. The van der Waals surface area contributed by atoms with Crippen LogP contribution >= 0.6 is 0 Å². The van der Waals surface area contributed by atoms with Crippen molar-refractivity contribution >= 4 is 17.0 Å². The molecule has 1 aromatic carbocycles. The van der Waals surface area contributed by atoms with E-state index in [1.54, 1.807) is 4.90 Å². The van der Waals surface area contributed by atoms with E-state index in [0.29, 0.717) is 32.2 Å². The molecule has 1 saturated heterocycles. The van der Waals surface area contributed by atoms with Crippen molar-refractivity contribution in [2.45, 2.75) is 20.4 Å². The van der Waals surface area contributed by atoms with Gasteiger partial charge in [-0.15, -0.1) is 0 Å². The van der Waals surface area contributed by atoms with Gasteiger partial charge in [0, 0.05) is 43.8 Å². The largest absolute Gasteiger partial charge is 0.449 e. The topological polar surface area (TPSA) is 65.6 Å². The van der Waals surface area contributed by atoms with Gasteiger partial charge in [0.2, 0.25) is 0 Å². The third kappa shape index (κ3) is 4.39. The second kappa shape index (κ2) is 7.70. The minimum Gasteiger partial charge on any atom is -0.449 e. The Balaban J connectivity index is 1.58. The number of carbonyl (C=O) groups excluding carboxylic acids is 1. The second-order valence-electron chi connectivity index (χ2n) is 6.94. The Morgan fingerprint density at radius 3 is 2.64 bits per heavy atom. The maximum Gasteiger partial charge on any atom is 0.409 e. The first-order valence-corrected chi connectivity index (χ1v) is 8.78. The maximum atomic E-state index is 12.3. The fourth-order valence-corrected chi connectivity index (χ4v) is 2.97. The molecule has 25 heavy (non-hydrogen) atoms. The molecule has 0 bridgehead atoms. The first-order valence-electron chi connectivity index (χ1n) is 8.78. The Kier molecular flexibility index (Phi) is 5.38. The molecule has 0 aliphatic carbocycles. The molecule has 2 aromatic rings. The zero-order valence-corrected chi connectivity index (χ0v) is 14.8. The summed E-state index contributed by atoms with van der Waals surface area (Å²) in [4.78, 5) is 31.1. The summed E-state index contributed by atoms with van der Waals surface area (Å²) in [7, 11) is 0. The standard InChI is InChI=1S/C19H25N3O3/c1-14(2)13-25-19(24)22-9-7-21(8-10-22)12-16-11-15-5-3-4-6-17(15)20-18(16)23/h3-6,11,14H,7-10,12-13H2,1-2H3,(H,20,23). The van der Waals surface area contributed by atoms with Gasteiger partial charge in [0.05, 0.1) is 6.61 Å². The molecular weight excluding hydrogens is 318 g/mol. The molecule has 1 fully saturated rings. The Bertz CT molecular complexity index is 792. The van der Waals surface area contributed by atoms with Crippen molar-refractivity contribution in [3.05, 3.63) is 46.2 Å². The fourth-order valence-electron chi connectivity index (χ4n) is 2.97. The third-order valence-electron chi connectivity index (χ3n) is 4.39. The van der Waals surface area contributed by atoms with Gasteiger partial charge in [0.25, 0.3) is 5.56 Å². The van der Waals surface area contributed by atoms with E-state index in [0.717, 1.165) is 29.6 Å². The summed E-state index contributed by atoms with van der Waals surface area (Å²) in [6.45, 7) is 7.82. The van der Waals surface area contributed by atoms with Gasteiger partial charge in [-0.25, -0.2) is 4.79 Å². The summed E-state index contributed by atoms with van der Waals surface area (Å²) in [5.41, 5.74) is 1.57. The number of hydrogen-bond donors (Lipinski definition) is 1. The third-order valence-corrected chi connectivity index (χ3v) is 4.39. The first-order chi connectivity index (χ1) is 12.0. The number of amides is 1. The van der Waals surface area contributed by atoms with Crippen LogP contribution in [0.1, 0.15) is 19.4 Å². The van der Waals surface area contributed by atoms with Crippen molar-refractivity contribution in [3.63, 3.8) is 0 Å². The van der Waals surface area contributed by atoms with E-state index < -0.39 is 0 Å². The minimum absolute atomic E-state index is 0.0440. The van der Waals surface area contributed by atoms with E-state index in [1.165, 1.54) is 0 Å². The smallest absolute Gasteiger partial charge is 0.409 e. The van der Waals surface area contributed by atoms with Crippen LogP contribution in [0.2, 0.25) is 0 Å². The van der Waals surface area contributed by atoms with E-state index in [2.05, 4.69) is 9.88 Å². The van der Waals surface area contributed by atoms with E-state index in [1.807, 2.05) is 44.2 Å². The zero-order valence-electron chi connectivity index (χ0n) is 14.8. The quantitative estimate of drug-likeness (QED) is 0.926.